The van der Waals surface area contributed by atoms with Crippen LogP contribution in [0.5, 0.6) is 0 Å². The molecule has 0 spiro atoms. The predicted octanol–water partition coefficient (Wildman–Crippen LogP) is 1.52. The third kappa shape index (κ3) is 2.89. The van der Waals surface area contributed by atoms with Gasteiger partial charge in [0.1, 0.15) is 11.5 Å². The summed E-state index contributed by atoms with van der Waals surface area (Å²) in [6, 6.07) is 0.188. The molecule has 1 unspecified atom stereocenters. The Bertz CT molecular complexity index is 570. The lowest BCUT2D eigenvalue weighted by Crippen LogP contribution is -2.36. The number of nitrogen functional groups attached to an aromatic ring is 1. The quantitative estimate of drug-likeness (QED) is 0.762. The molecule has 6 nitrogen and oxygen atoms in total. The van der Waals surface area contributed by atoms with E-state index in [-0.39, 0.29) is 11.9 Å². The zero-order chi connectivity index (χ0) is 14.7. The van der Waals surface area contributed by atoms with Crippen LogP contribution in [0.25, 0.3) is 0 Å². The molecule has 1 aromatic rings. The number of aromatic nitrogens is 2. The average Bonchev–Trinajstić information content (AvgIpc) is 2.93. The van der Waals surface area contributed by atoms with E-state index in [9.17, 15) is 9.59 Å². The van der Waals surface area contributed by atoms with Gasteiger partial charge in [-0.15, -0.1) is 0 Å². The third-order valence-electron chi connectivity index (χ3n) is 4.17. The highest BCUT2D eigenvalue weighted by atomic mass is 16.2. The van der Waals surface area contributed by atoms with Gasteiger partial charge in [0, 0.05) is 12.6 Å². The molecule has 1 aromatic heterocycles. The lowest BCUT2D eigenvalue weighted by atomic mass is 10.00. The predicted molar refractivity (Wildman–Crippen MR) is 81.1 cm³/mol. The van der Waals surface area contributed by atoms with Crippen molar-refractivity contribution in [1.82, 2.24) is 9.55 Å². The summed E-state index contributed by atoms with van der Waals surface area (Å²) in [6.07, 6.45) is 5.64. The van der Waals surface area contributed by atoms with Gasteiger partial charge >= 0.3 is 5.69 Å². The van der Waals surface area contributed by atoms with Crippen molar-refractivity contribution in [2.45, 2.75) is 58.5 Å². The van der Waals surface area contributed by atoms with Crippen LogP contribution in [-0.2, 0) is 6.54 Å². The van der Waals surface area contributed by atoms with E-state index in [4.69, 9.17) is 5.73 Å². The van der Waals surface area contributed by atoms with Crippen LogP contribution < -0.4 is 22.3 Å². The number of H-pyrrole nitrogens is 1. The molecule has 1 heterocycles. The van der Waals surface area contributed by atoms with Crippen LogP contribution in [0.15, 0.2) is 9.59 Å². The first-order valence-corrected chi connectivity index (χ1v) is 7.43. The van der Waals surface area contributed by atoms with Crippen LogP contribution in [0.4, 0.5) is 11.5 Å². The summed E-state index contributed by atoms with van der Waals surface area (Å²) in [6.45, 7) is 4.54. The number of nitrogens with one attached hydrogen (secondary N) is 2. The van der Waals surface area contributed by atoms with Gasteiger partial charge in [0.25, 0.3) is 5.56 Å². The Kier molecular flexibility index (Phi) is 4.52. The summed E-state index contributed by atoms with van der Waals surface area (Å²) in [7, 11) is 0. The van der Waals surface area contributed by atoms with E-state index in [0.29, 0.717) is 18.2 Å². The molecule has 2 rings (SSSR count). The Balaban J connectivity index is 2.28. The molecule has 0 saturated heterocycles. The van der Waals surface area contributed by atoms with Crippen LogP contribution >= 0.6 is 0 Å². The van der Waals surface area contributed by atoms with Gasteiger partial charge in [-0.1, -0.05) is 19.8 Å². The molecule has 6 heteroatoms. The van der Waals surface area contributed by atoms with E-state index >= 15 is 0 Å². The van der Waals surface area contributed by atoms with E-state index in [2.05, 4.69) is 17.2 Å². The van der Waals surface area contributed by atoms with Gasteiger partial charge in [-0.2, -0.15) is 0 Å². The molecule has 0 aliphatic heterocycles. The molecule has 1 fully saturated rings. The van der Waals surface area contributed by atoms with Crippen LogP contribution in [0.2, 0.25) is 0 Å². The van der Waals surface area contributed by atoms with Crippen LogP contribution in [0.1, 0.15) is 46.0 Å². The maximum atomic E-state index is 12.0. The number of rotatable bonds is 5. The standard InChI is InChI=1S/C14H24N4O2/c1-3-8-18-12(15)11(13(19)17-14(18)20)16-9(2)10-6-4-5-7-10/h9-10,16H,3-8,15H2,1-2H3,(H,17,19,20). The van der Waals surface area contributed by atoms with E-state index < -0.39 is 11.2 Å². The summed E-state index contributed by atoms with van der Waals surface area (Å²) in [4.78, 5) is 26.0. The Hall–Kier alpha value is -1.72. The minimum atomic E-state index is -0.437. The van der Waals surface area contributed by atoms with Crippen molar-refractivity contribution in [2.24, 2.45) is 5.92 Å². The summed E-state index contributed by atoms with van der Waals surface area (Å²) in [5.41, 5.74) is 5.47. The second-order valence-corrected chi connectivity index (χ2v) is 5.65. The molecular weight excluding hydrogens is 256 g/mol. The molecule has 112 valence electrons. The Morgan fingerprint density at radius 3 is 2.65 bits per heavy atom. The van der Waals surface area contributed by atoms with Crippen molar-refractivity contribution in [3.8, 4) is 0 Å². The zero-order valence-corrected chi connectivity index (χ0v) is 12.2. The highest BCUT2D eigenvalue weighted by Crippen LogP contribution is 2.29. The van der Waals surface area contributed by atoms with Crippen molar-refractivity contribution >= 4 is 11.5 Å². The van der Waals surface area contributed by atoms with Crippen molar-refractivity contribution in [3.05, 3.63) is 20.8 Å². The molecule has 0 radical (unpaired) electrons. The first-order chi connectivity index (χ1) is 9.54. The number of aromatic amines is 1. The number of nitrogens with two attached hydrogens (primary N) is 1. The van der Waals surface area contributed by atoms with Gasteiger partial charge in [-0.25, -0.2) is 4.79 Å². The van der Waals surface area contributed by atoms with E-state index in [0.717, 1.165) is 6.42 Å². The average molecular weight is 280 g/mol. The van der Waals surface area contributed by atoms with Crippen LogP contribution in [-0.4, -0.2) is 15.6 Å². The van der Waals surface area contributed by atoms with Gasteiger partial charge in [-0.05, 0) is 32.1 Å². The first-order valence-electron chi connectivity index (χ1n) is 7.43. The van der Waals surface area contributed by atoms with Crippen molar-refractivity contribution in [1.29, 1.82) is 0 Å². The van der Waals surface area contributed by atoms with Gasteiger partial charge in [0.2, 0.25) is 0 Å². The van der Waals surface area contributed by atoms with E-state index in [1.807, 2.05) is 6.92 Å². The molecule has 0 bridgehead atoms. The number of hydrogen-bond donors (Lipinski definition) is 3. The molecule has 0 amide bonds. The van der Waals surface area contributed by atoms with Gasteiger partial charge in [0.05, 0.1) is 0 Å². The molecular formula is C14H24N4O2. The first kappa shape index (κ1) is 14.7. The maximum Gasteiger partial charge on any atom is 0.330 e. The Morgan fingerprint density at radius 1 is 1.40 bits per heavy atom. The molecule has 1 aliphatic rings. The molecule has 1 atom stereocenters. The largest absolute Gasteiger partial charge is 0.383 e. The number of hydrogen-bond acceptors (Lipinski definition) is 4. The van der Waals surface area contributed by atoms with E-state index in [1.54, 1.807) is 0 Å². The molecule has 1 aliphatic carbocycles. The smallest absolute Gasteiger partial charge is 0.330 e. The monoisotopic (exact) mass is 280 g/mol. The van der Waals surface area contributed by atoms with Gasteiger partial charge < -0.3 is 11.1 Å². The minimum Gasteiger partial charge on any atom is -0.383 e. The zero-order valence-electron chi connectivity index (χ0n) is 12.2. The SMILES string of the molecule is CCCn1c(N)c(NC(C)C2CCCC2)c(=O)[nH]c1=O. The van der Waals surface area contributed by atoms with Crippen molar-refractivity contribution in [3.63, 3.8) is 0 Å². The summed E-state index contributed by atoms with van der Waals surface area (Å²) in [5, 5.41) is 3.22. The van der Waals surface area contributed by atoms with Gasteiger partial charge in [-0.3, -0.25) is 14.3 Å². The second kappa shape index (κ2) is 6.15. The number of anilines is 2. The molecule has 1 saturated carbocycles. The van der Waals surface area contributed by atoms with Crippen LogP contribution in [0.3, 0.4) is 0 Å². The summed E-state index contributed by atoms with van der Waals surface area (Å²) < 4.78 is 1.42. The molecule has 0 aromatic carbocycles. The number of nitrogens with zero attached hydrogens (tertiary/aromatic N) is 1. The highest BCUT2D eigenvalue weighted by Gasteiger charge is 2.23. The molecule has 20 heavy (non-hydrogen) atoms. The fourth-order valence-corrected chi connectivity index (χ4v) is 2.98. The minimum absolute atomic E-state index is 0.188. The molecule has 4 N–H and O–H groups in total. The fourth-order valence-electron chi connectivity index (χ4n) is 2.98. The van der Waals surface area contributed by atoms with Crippen molar-refractivity contribution < 1.29 is 0 Å². The van der Waals surface area contributed by atoms with Crippen molar-refractivity contribution in [2.75, 3.05) is 11.1 Å². The maximum absolute atomic E-state index is 12.0. The summed E-state index contributed by atoms with van der Waals surface area (Å²) in [5.74, 6) is 0.811. The third-order valence-corrected chi connectivity index (χ3v) is 4.17. The lowest BCUT2D eigenvalue weighted by Gasteiger charge is -2.22. The van der Waals surface area contributed by atoms with E-state index in [1.165, 1.54) is 30.3 Å². The Morgan fingerprint density at radius 2 is 2.05 bits per heavy atom. The van der Waals surface area contributed by atoms with Crippen LogP contribution in [0, 0.1) is 5.92 Å². The Labute approximate surface area is 118 Å². The lowest BCUT2D eigenvalue weighted by molar-refractivity contribution is 0.481. The normalized spacial score (nSPS) is 17.3. The fraction of sp³-hybridized carbons (Fsp3) is 0.714. The van der Waals surface area contributed by atoms with Gasteiger partial charge in [0.15, 0.2) is 0 Å². The highest BCUT2D eigenvalue weighted by molar-refractivity contribution is 5.60. The second-order valence-electron chi connectivity index (χ2n) is 5.65. The topological polar surface area (TPSA) is 92.9 Å². The summed E-state index contributed by atoms with van der Waals surface area (Å²) >= 11 is 0.